The molecule has 1 heterocycles. The lowest BCUT2D eigenvalue weighted by atomic mass is 10.1. The molecule has 10 heteroatoms. The van der Waals surface area contributed by atoms with Crippen LogP contribution in [-0.4, -0.2) is 36.9 Å². The predicted molar refractivity (Wildman–Crippen MR) is 143 cm³/mol. The molecule has 0 unspecified atom stereocenters. The third kappa shape index (κ3) is 5.68. The molecule has 9 nitrogen and oxygen atoms in total. The number of amides is 3. The lowest BCUT2D eigenvalue weighted by molar-refractivity contribution is -0.120. The van der Waals surface area contributed by atoms with Gasteiger partial charge < -0.3 is 20.1 Å². The van der Waals surface area contributed by atoms with Crippen LogP contribution in [0.4, 0.5) is 17.1 Å². The minimum atomic E-state index is -0.718. The van der Waals surface area contributed by atoms with Crippen molar-refractivity contribution in [3.8, 4) is 5.75 Å². The van der Waals surface area contributed by atoms with Crippen LogP contribution in [0.15, 0.2) is 83.5 Å². The number of hydrogen-bond acceptors (Lipinski definition) is 7. The smallest absolute Gasteiger partial charge is 0.338 e. The van der Waals surface area contributed by atoms with Gasteiger partial charge in [0, 0.05) is 16.9 Å². The summed E-state index contributed by atoms with van der Waals surface area (Å²) in [5, 5.41) is 5.35. The van der Waals surface area contributed by atoms with Crippen molar-refractivity contribution >= 4 is 52.4 Å². The molecule has 3 aromatic carbocycles. The first-order valence-corrected chi connectivity index (χ1v) is 12.0. The van der Waals surface area contributed by atoms with Crippen LogP contribution in [0.3, 0.4) is 0 Å². The van der Waals surface area contributed by atoms with Gasteiger partial charge in [0.05, 0.1) is 24.5 Å². The van der Waals surface area contributed by atoms with Crippen molar-refractivity contribution in [2.75, 3.05) is 22.6 Å². The van der Waals surface area contributed by atoms with E-state index in [4.69, 9.17) is 21.1 Å². The topological polar surface area (TPSA) is 114 Å². The van der Waals surface area contributed by atoms with Crippen LogP contribution in [0.5, 0.6) is 5.75 Å². The molecule has 2 N–H and O–H groups in total. The average molecular weight is 534 g/mol. The summed E-state index contributed by atoms with van der Waals surface area (Å²) in [5.74, 6) is -1.62. The first kappa shape index (κ1) is 26.4. The Kier molecular flexibility index (Phi) is 7.78. The van der Waals surface area contributed by atoms with Crippen molar-refractivity contribution in [2.24, 2.45) is 0 Å². The van der Waals surface area contributed by atoms with Gasteiger partial charge in [-0.3, -0.25) is 14.4 Å². The second-order valence-electron chi connectivity index (χ2n) is 8.52. The van der Waals surface area contributed by atoms with Gasteiger partial charge in [-0.1, -0.05) is 17.7 Å². The van der Waals surface area contributed by atoms with Crippen LogP contribution < -0.4 is 20.3 Å². The van der Waals surface area contributed by atoms with E-state index in [2.05, 4.69) is 10.6 Å². The zero-order chi connectivity index (χ0) is 27.4. The van der Waals surface area contributed by atoms with E-state index in [-0.39, 0.29) is 34.0 Å². The maximum absolute atomic E-state index is 13.1. The molecule has 4 rings (SSSR count). The number of nitrogens with zero attached hydrogens (tertiary/aromatic N) is 1. The number of carbonyl (C=O) groups excluding carboxylic acids is 4. The zero-order valence-corrected chi connectivity index (χ0v) is 21.5. The summed E-state index contributed by atoms with van der Waals surface area (Å²) in [6.07, 6.45) is -0.285. The van der Waals surface area contributed by atoms with E-state index in [1.165, 1.54) is 30.3 Å². The molecule has 0 atom stereocenters. The number of carbonyl (C=O) groups is 4. The monoisotopic (exact) mass is 533 g/mol. The van der Waals surface area contributed by atoms with Gasteiger partial charge in [-0.25, -0.2) is 9.69 Å². The molecular formula is C28H24ClN3O6. The molecular weight excluding hydrogens is 510 g/mol. The largest absolute Gasteiger partial charge is 0.497 e. The molecule has 0 saturated carbocycles. The second kappa shape index (κ2) is 11.2. The number of imide groups is 1. The standard InChI is InChI=1S/C28H24ClN3O6/c1-16(2)38-28(36)17-7-11-21(12-8-17)32-26(34)23(29)24(27(32)35)30-20-6-4-5-18(15-20)25(33)31-19-9-13-22(37-3)14-10-19/h4-16,30H,1-3H3,(H,31,33). The minimum absolute atomic E-state index is 0.132. The van der Waals surface area contributed by atoms with Crippen LogP contribution >= 0.6 is 11.6 Å². The third-order valence-corrected chi connectivity index (χ3v) is 5.82. The van der Waals surface area contributed by atoms with Gasteiger partial charge >= 0.3 is 5.97 Å². The first-order valence-electron chi connectivity index (χ1n) is 11.6. The SMILES string of the molecule is COc1ccc(NC(=O)c2cccc(NC3=C(Cl)C(=O)N(c4ccc(C(=O)OC(C)C)cc4)C3=O)c2)cc1. The number of ether oxygens (including phenoxy) is 2. The van der Waals surface area contributed by atoms with Gasteiger partial charge in [0.1, 0.15) is 16.5 Å². The van der Waals surface area contributed by atoms with Crippen molar-refractivity contribution in [1.82, 2.24) is 0 Å². The van der Waals surface area contributed by atoms with E-state index in [1.807, 2.05) is 0 Å². The summed E-state index contributed by atoms with van der Waals surface area (Å²) in [4.78, 5) is 51.7. The number of esters is 1. The fraction of sp³-hybridized carbons (Fsp3) is 0.143. The Bertz CT molecular complexity index is 1430. The van der Waals surface area contributed by atoms with Crippen molar-refractivity contribution in [3.63, 3.8) is 0 Å². The maximum Gasteiger partial charge on any atom is 0.338 e. The van der Waals surface area contributed by atoms with Crippen LogP contribution in [0.2, 0.25) is 0 Å². The van der Waals surface area contributed by atoms with Crippen molar-refractivity contribution < 1.29 is 28.7 Å². The summed E-state index contributed by atoms with van der Waals surface area (Å²) in [7, 11) is 1.55. The van der Waals surface area contributed by atoms with E-state index < -0.39 is 17.8 Å². The van der Waals surface area contributed by atoms with Crippen molar-refractivity contribution in [1.29, 1.82) is 0 Å². The van der Waals surface area contributed by atoms with Gasteiger partial charge in [-0.15, -0.1) is 0 Å². The molecule has 0 fully saturated rings. The van der Waals surface area contributed by atoms with Crippen LogP contribution in [0.1, 0.15) is 34.6 Å². The molecule has 3 amide bonds. The lowest BCUT2D eigenvalue weighted by Gasteiger charge is -2.16. The molecule has 0 saturated heterocycles. The molecule has 1 aliphatic heterocycles. The fourth-order valence-electron chi connectivity index (χ4n) is 3.63. The Hall–Kier alpha value is -4.63. The van der Waals surface area contributed by atoms with Crippen LogP contribution in [0, 0.1) is 0 Å². The Labute approximate surface area is 224 Å². The second-order valence-corrected chi connectivity index (χ2v) is 8.90. The first-order chi connectivity index (χ1) is 18.2. The van der Waals surface area contributed by atoms with E-state index >= 15 is 0 Å². The van der Waals surface area contributed by atoms with Gasteiger partial charge in [0.2, 0.25) is 0 Å². The maximum atomic E-state index is 13.1. The van der Waals surface area contributed by atoms with Crippen LogP contribution in [0.25, 0.3) is 0 Å². The van der Waals surface area contributed by atoms with Gasteiger partial charge in [-0.05, 0) is 80.6 Å². The van der Waals surface area contributed by atoms with E-state index in [9.17, 15) is 19.2 Å². The highest BCUT2D eigenvalue weighted by Gasteiger charge is 2.39. The van der Waals surface area contributed by atoms with Crippen molar-refractivity contribution in [2.45, 2.75) is 20.0 Å². The Morgan fingerprint density at radius 1 is 0.868 bits per heavy atom. The normalized spacial score (nSPS) is 13.1. The highest BCUT2D eigenvalue weighted by atomic mass is 35.5. The highest BCUT2D eigenvalue weighted by molar-refractivity contribution is 6.53. The number of rotatable bonds is 8. The van der Waals surface area contributed by atoms with Gasteiger partial charge in [0.15, 0.2) is 0 Å². The Balaban J connectivity index is 1.48. The molecule has 0 spiro atoms. The van der Waals surface area contributed by atoms with E-state index in [1.54, 1.807) is 63.4 Å². The molecule has 38 heavy (non-hydrogen) atoms. The zero-order valence-electron chi connectivity index (χ0n) is 20.8. The number of anilines is 3. The summed E-state index contributed by atoms with van der Waals surface area (Å²) in [5.41, 5.74) is 1.67. The number of nitrogens with one attached hydrogen (secondary N) is 2. The number of benzene rings is 3. The fourth-order valence-corrected chi connectivity index (χ4v) is 3.85. The lowest BCUT2D eigenvalue weighted by Crippen LogP contribution is -2.32. The molecule has 3 aromatic rings. The molecule has 1 aliphatic rings. The Morgan fingerprint density at radius 3 is 2.18 bits per heavy atom. The number of hydrogen-bond donors (Lipinski definition) is 2. The van der Waals surface area contributed by atoms with E-state index in [0.717, 1.165) is 4.90 Å². The third-order valence-electron chi connectivity index (χ3n) is 5.47. The average Bonchev–Trinajstić information content (AvgIpc) is 3.12. The van der Waals surface area contributed by atoms with E-state index in [0.29, 0.717) is 22.7 Å². The summed E-state index contributed by atoms with van der Waals surface area (Å²) < 4.78 is 10.3. The summed E-state index contributed by atoms with van der Waals surface area (Å²) >= 11 is 6.23. The molecule has 0 bridgehead atoms. The summed E-state index contributed by atoms with van der Waals surface area (Å²) in [6, 6.07) is 19.1. The minimum Gasteiger partial charge on any atom is -0.497 e. The molecule has 0 aliphatic carbocycles. The number of methoxy groups -OCH3 is 1. The predicted octanol–water partition coefficient (Wildman–Crippen LogP) is 4.95. The Morgan fingerprint density at radius 2 is 1.55 bits per heavy atom. The molecule has 194 valence electrons. The highest BCUT2D eigenvalue weighted by Crippen LogP contribution is 2.30. The molecule has 0 radical (unpaired) electrons. The summed E-state index contributed by atoms with van der Waals surface area (Å²) in [6.45, 7) is 3.47. The molecule has 0 aromatic heterocycles. The van der Waals surface area contributed by atoms with Crippen molar-refractivity contribution in [3.05, 3.63) is 94.7 Å². The number of halogens is 1. The quantitative estimate of drug-likeness (QED) is 0.311. The van der Waals surface area contributed by atoms with Gasteiger partial charge in [-0.2, -0.15) is 0 Å². The van der Waals surface area contributed by atoms with Gasteiger partial charge in [0.25, 0.3) is 17.7 Å². The van der Waals surface area contributed by atoms with Crippen LogP contribution in [-0.2, 0) is 14.3 Å².